The van der Waals surface area contributed by atoms with Crippen molar-refractivity contribution in [2.24, 2.45) is 0 Å². The van der Waals surface area contributed by atoms with Crippen LogP contribution in [0.25, 0.3) is 0 Å². The van der Waals surface area contributed by atoms with Gasteiger partial charge in [-0.1, -0.05) is 24.3 Å². The summed E-state index contributed by atoms with van der Waals surface area (Å²) in [4.78, 5) is 17.3. The highest BCUT2D eigenvalue weighted by molar-refractivity contribution is 7.88. The lowest BCUT2D eigenvalue weighted by Gasteiger charge is -2.49. The van der Waals surface area contributed by atoms with Crippen molar-refractivity contribution in [3.63, 3.8) is 0 Å². The Morgan fingerprint density at radius 3 is 2.20 bits per heavy atom. The van der Waals surface area contributed by atoms with E-state index in [-0.39, 0.29) is 19.0 Å². The lowest BCUT2D eigenvalue weighted by Crippen LogP contribution is -2.51. The molecule has 0 aromatic heterocycles. The molecule has 196 valence electrons. The van der Waals surface area contributed by atoms with Crippen LogP contribution in [0.3, 0.4) is 0 Å². The van der Waals surface area contributed by atoms with Gasteiger partial charge in [0, 0.05) is 25.6 Å². The van der Waals surface area contributed by atoms with Gasteiger partial charge in [-0.15, -0.1) is 0 Å². The second-order valence-electron chi connectivity index (χ2n) is 11.2. The molecule has 4 aliphatic rings. The van der Waals surface area contributed by atoms with Crippen LogP contribution in [0.5, 0.6) is 0 Å². The molecule has 5 rings (SSSR count). The van der Waals surface area contributed by atoms with Gasteiger partial charge in [0.25, 0.3) is 0 Å². The normalized spacial score (nSPS) is 31.0. The average Bonchev–Trinajstić information content (AvgIpc) is 3.27. The van der Waals surface area contributed by atoms with Gasteiger partial charge in [0.15, 0.2) is 0 Å². The van der Waals surface area contributed by atoms with Gasteiger partial charge in [0.1, 0.15) is 0 Å². The molecular weight excluding hydrogens is 462 g/mol. The number of fused-ring (bicyclic) bond motifs is 4. The van der Waals surface area contributed by atoms with Gasteiger partial charge in [0.05, 0.1) is 12.9 Å². The van der Waals surface area contributed by atoms with E-state index in [9.17, 15) is 13.2 Å². The highest BCUT2D eigenvalue weighted by Gasteiger charge is 2.44. The van der Waals surface area contributed by atoms with Crippen molar-refractivity contribution < 1.29 is 19.4 Å². The fourth-order valence-electron chi connectivity index (χ4n) is 7.52. The van der Waals surface area contributed by atoms with Crippen LogP contribution in [-0.2, 0) is 20.2 Å². The zero-order chi connectivity index (χ0) is 24.6. The number of benzene rings is 1. The molecule has 3 heterocycles. The maximum atomic E-state index is 12.5. The Morgan fingerprint density at radius 2 is 1.60 bits per heavy atom. The monoisotopic (exact) mass is 505 g/mol. The van der Waals surface area contributed by atoms with Gasteiger partial charge in [-0.05, 0) is 101 Å². The average molecular weight is 506 g/mol. The maximum Gasteiger partial charge on any atom is 0.410 e. The van der Waals surface area contributed by atoms with Crippen LogP contribution < -0.4 is 4.72 Å². The van der Waals surface area contributed by atoms with E-state index < -0.39 is 10.0 Å². The lowest BCUT2D eigenvalue weighted by atomic mass is 9.63. The summed E-state index contributed by atoms with van der Waals surface area (Å²) in [5, 5.41) is 0. The van der Waals surface area contributed by atoms with Crippen LogP contribution in [-0.4, -0.2) is 68.4 Å². The van der Waals surface area contributed by atoms with E-state index >= 15 is 0 Å². The van der Waals surface area contributed by atoms with E-state index in [1.807, 2.05) is 13.0 Å². The van der Waals surface area contributed by atoms with Crippen molar-refractivity contribution in [2.75, 3.05) is 26.0 Å². The number of hydrogen-bond donors (Lipinski definition) is 1. The first kappa shape index (κ1) is 25.0. The molecule has 2 bridgehead atoms. The summed E-state index contributed by atoms with van der Waals surface area (Å²) in [6.45, 7) is 4.53. The molecular formula is C27H43N3O4S. The minimum absolute atomic E-state index is 0. The second-order valence-corrected chi connectivity index (χ2v) is 13.0. The number of likely N-dealkylation sites (tertiary alicyclic amines) is 1. The minimum Gasteiger partial charge on any atom is -0.450 e. The van der Waals surface area contributed by atoms with Gasteiger partial charge in [-0.2, -0.15) is 0 Å². The van der Waals surface area contributed by atoms with E-state index in [4.69, 9.17) is 4.74 Å². The number of carbonyl (C=O) groups is 1. The fourth-order valence-corrected chi connectivity index (χ4v) is 8.28. The standard InChI is InChI=1S/C27H41N3O4S.H2/c1-3-34-26(31)30-21-10-8-20(9-11-22(30)13-12-21)29-18-16-27(17-19-29)15-14-25(28-35(2,32)33)23-6-4-5-7-24(23)27;/h4-7,20-22,25,28H,3,8-19H2,1-2H3;1H/t20?,21?,22?,25-;/m0./s1. The van der Waals surface area contributed by atoms with Gasteiger partial charge in [-0.3, -0.25) is 0 Å². The highest BCUT2D eigenvalue weighted by atomic mass is 32.2. The number of hydrogen-bond acceptors (Lipinski definition) is 5. The van der Waals surface area contributed by atoms with Crippen LogP contribution in [0.2, 0.25) is 0 Å². The SMILES string of the molecule is CCOC(=O)N1C2CCC(N3CCC4(CC[C@H](NS(C)(=O)=O)c5ccccc54)CC3)CCC1CC2.[HH]. The Labute approximate surface area is 212 Å². The minimum atomic E-state index is -3.25. The number of ether oxygens (including phenoxy) is 1. The van der Waals surface area contributed by atoms with Gasteiger partial charge < -0.3 is 14.5 Å². The summed E-state index contributed by atoms with van der Waals surface area (Å²) in [6, 6.07) is 9.64. The smallest absolute Gasteiger partial charge is 0.410 e. The number of nitrogens with one attached hydrogen (secondary N) is 1. The van der Waals surface area contributed by atoms with E-state index in [1.54, 1.807) is 0 Å². The molecule has 2 unspecified atom stereocenters. The predicted molar refractivity (Wildman–Crippen MR) is 139 cm³/mol. The van der Waals surface area contributed by atoms with Crippen LogP contribution in [0, 0.1) is 0 Å². The van der Waals surface area contributed by atoms with Gasteiger partial charge in [-0.25, -0.2) is 17.9 Å². The molecule has 7 nitrogen and oxygen atoms in total. The van der Waals surface area contributed by atoms with E-state index in [0.717, 1.165) is 77.3 Å². The summed E-state index contributed by atoms with van der Waals surface area (Å²) in [5.41, 5.74) is 2.68. The van der Waals surface area contributed by atoms with E-state index in [2.05, 4.69) is 32.7 Å². The summed E-state index contributed by atoms with van der Waals surface area (Å²) in [7, 11) is -3.25. The first-order chi connectivity index (χ1) is 16.8. The molecule has 3 fully saturated rings. The number of nitrogens with zero attached hydrogens (tertiary/aromatic N) is 2. The predicted octanol–water partition coefficient (Wildman–Crippen LogP) is 4.58. The third-order valence-corrected chi connectivity index (χ3v) is 9.92. The fraction of sp³-hybridized carbons (Fsp3) is 0.741. The molecule has 3 aliphatic heterocycles. The van der Waals surface area contributed by atoms with Crippen molar-refractivity contribution in [3.05, 3.63) is 35.4 Å². The Balaban J connectivity index is 0.00000304. The number of piperidine rings is 1. The Hall–Kier alpha value is -1.64. The summed E-state index contributed by atoms with van der Waals surface area (Å²) in [5.74, 6) is 0. The molecule has 8 heteroatoms. The zero-order valence-electron chi connectivity index (χ0n) is 21.2. The molecule has 1 amide bonds. The molecule has 0 radical (unpaired) electrons. The number of rotatable bonds is 4. The molecule has 1 aromatic carbocycles. The van der Waals surface area contributed by atoms with Gasteiger partial charge in [0.2, 0.25) is 10.0 Å². The molecule has 35 heavy (non-hydrogen) atoms. The first-order valence-electron chi connectivity index (χ1n) is 13.6. The first-order valence-corrected chi connectivity index (χ1v) is 15.4. The van der Waals surface area contributed by atoms with Crippen molar-refractivity contribution in [2.45, 2.75) is 101 Å². The van der Waals surface area contributed by atoms with E-state index in [0.29, 0.717) is 24.7 Å². The second kappa shape index (κ2) is 10.0. The number of amides is 1. The summed E-state index contributed by atoms with van der Waals surface area (Å²) in [6.07, 6.45) is 12.0. The van der Waals surface area contributed by atoms with Crippen molar-refractivity contribution in [1.29, 1.82) is 0 Å². The molecule has 1 aromatic rings. The molecule has 1 spiro atoms. The van der Waals surface area contributed by atoms with E-state index in [1.165, 1.54) is 17.4 Å². The third-order valence-electron chi connectivity index (χ3n) is 9.21. The summed E-state index contributed by atoms with van der Waals surface area (Å²) < 4.78 is 32.1. The van der Waals surface area contributed by atoms with Crippen molar-refractivity contribution >= 4 is 16.1 Å². The molecule has 3 saturated heterocycles. The van der Waals surface area contributed by atoms with Crippen molar-refractivity contribution in [3.8, 4) is 0 Å². The Kier molecular flexibility index (Phi) is 7.16. The number of carbonyl (C=O) groups excluding carboxylic acids is 1. The number of sulfonamides is 1. The van der Waals surface area contributed by atoms with Crippen LogP contribution in [0.15, 0.2) is 24.3 Å². The molecule has 1 aliphatic carbocycles. The van der Waals surface area contributed by atoms with Gasteiger partial charge >= 0.3 is 6.09 Å². The third kappa shape index (κ3) is 5.12. The summed E-state index contributed by atoms with van der Waals surface area (Å²) >= 11 is 0. The van der Waals surface area contributed by atoms with Crippen molar-refractivity contribution in [1.82, 2.24) is 14.5 Å². The molecule has 3 atom stereocenters. The lowest BCUT2D eigenvalue weighted by molar-refractivity contribution is 0.0558. The van der Waals surface area contributed by atoms with Crippen LogP contribution in [0.1, 0.15) is 89.7 Å². The van der Waals surface area contributed by atoms with Crippen LogP contribution in [0.4, 0.5) is 4.79 Å². The molecule has 0 saturated carbocycles. The molecule has 1 N–H and O–H groups in total. The highest BCUT2D eigenvalue weighted by Crippen LogP contribution is 2.48. The largest absolute Gasteiger partial charge is 0.450 e. The maximum absolute atomic E-state index is 12.5. The quantitative estimate of drug-likeness (QED) is 0.648. The topological polar surface area (TPSA) is 79.0 Å². The Morgan fingerprint density at radius 1 is 1.00 bits per heavy atom. The Bertz CT molecular complexity index is 1010. The zero-order valence-corrected chi connectivity index (χ0v) is 22.1. The van der Waals surface area contributed by atoms with Crippen LogP contribution >= 0.6 is 0 Å².